The minimum atomic E-state index is 0.0879. The van der Waals surface area contributed by atoms with Gasteiger partial charge in [0.15, 0.2) is 0 Å². The van der Waals surface area contributed by atoms with Crippen LogP contribution < -0.4 is 5.73 Å². The molecule has 0 aromatic carbocycles. The third-order valence-corrected chi connectivity index (χ3v) is 3.59. The highest BCUT2D eigenvalue weighted by atomic mass is 16.5. The van der Waals surface area contributed by atoms with Crippen molar-refractivity contribution in [2.24, 2.45) is 5.73 Å². The average Bonchev–Trinajstić information content (AvgIpc) is 2.29. The van der Waals surface area contributed by atoms with Crippen LogP contribution in [0.2, 0.25) is 0 Å². The van der Waals surface area contributed by atoms with E-state index in [1.165, 1.54) is 12.8 Å². The lowest BCUT2D eigenvalue weighted by molar-refractivity contribution is -0.0348. The Morgan fingerprint density at radius 2 is 2.00 bits per heavy atom. The molecule has 0 aromatic heterocycles. The predicted octanol–water partition coefficient (Wildman–Crippen LogP) is 0.378. The standard InChI is InChI=1S/C12H27N3O/c1-14(2)7-5-8-15(3)12(10-13)6-4-9-16-11-12/h4-11,13H2,1-3H3. The Kier molecular flexibility index (Phi) is 5.69. The lowest BCUT2D eigenvalue weighted by Crippen LogP contribution is -2.57. The quantitative estimate of drug-likeness (QED) is 0.715. The Balaban J connectivity index is 2.39. The second-order valence-electron chi connectivity index (χ2n) is 5.16. The first-order chi connectivity index (χ1) is 7.60. The molecule has 0 saturated carbocycles. The van der Waals surface area contributed by atoms with E-state index in [2.05, 4.69) is 30.9 Å². The van der Waals surface area contributed by atoms with E-state index in [1.807, 2.05) is 0 Å². The first-order valence-corrected chi connectivity index (χ1v) is 6.24. The Bertz CT molecular complexity index is 191. The van der Waals surface area contributed by atoms with Crippen molar-refractivity contribution in [2.75, 3.05) is 54.0 Å². The molecule has 1 heterocycles. The zero-order valence-electron chi connectivity index (χ0n) is 11.0. The van der Waals surface area contributed by atoms with Gasteiger partial charge in [0.05, 0.1) is 12.1 Å². The Morgan fingerprint density at radius 1 is 1.25 bits per heavy atom. The molecule has 0 spiro atoms. The molecule has 0 bridgehead atoms. The first kappa shape index (κ1) is 13.9. The van der Waals surface area contributed by atoms with Crippen LogP contribution in [-0.4, -0.2) is 69.3 Å². The zero-order chi connectivity index (χ0) is 12.0. The largest absolute Gasteiger partial charge is 0.379 e. The van der Waals surface area contributed by atoms with Gasteiger partial charge in [-0.05, 0) is 53.5 Å². The van der Waals surface area contributed by atoms with E-state index in [0.29, 0.717) is 6.54 Å². The number of hydrogen-bond donors (Lipinski definition) is 1. The molecule has 1 fully saturated rings. The van der Waals surface area contributed by atoms with Gasteiger partial charge in [-0.15, -0.1) is 0 Å². The van der Waals surface area contributed by atoms with Gasteiger partial charge in [0.25, 0.3) is 0 Å². The third-order valence-electron chi connectivity index (χ3n) is 3.59. The smallest absolute Gasteiger partial charge is 0.0662 e. The van der Waals surface area contributed by atoms with Gasteiger partial charge in [0.2, 0.25) is 0 Å². The maximum atomic E-state index is 5.94. The summed E-state index contributed by atoms with van der Waals surface area (Å²) in [6.45, 7) is 4.62. The normalized spacial score (nSPS) is 26.6. The average molecular weight is 229 g/mol. The summed E-state index contributed by atoms with van der Waals surface area (Å²) in [7, 11) is 6.40. The number of hydrogen-bond acceptors (Lipinski definition) is 4. The molecule has 16 heavy (non-hydrogen) atoms. The molecule has 0 aromatic rings. The van der Waals surface area contributed by atoms with E-state index in [4.69, 9.17) is 10.5 Å². The summed E-state index contributed by atoms with van der Waals surface area (Å²) < 4.78 is 5.59. The van der Waals surface area contributed by atoms with Gasteiger partial charge in [-0.3, -0.25) is 4.90 Å². The molecule has 96 valence electrons. The van der Waals surface area contributed by atoms with Gasteiger partial charge in [-0.1, -0.05) is 0 Å². The van der Waals surface area contributed by atoms with Gasteiger partial charge in [-0.2, -0.15) is 0 Å². The summed E-state index contributed by atoms with van der Waals surface area (Å²) in [5, 5.41) is 0. The summed E-state index contributed by atoms with van der Waals surface area (Å²) in [4.78, 5) is 4.62. The minimum Gasteiger partial charge on any atom is -0.379 e. The van der Waals surface area contributed by atoms with Crippen LogP contribution in [0.3, 0.4) is 0 Å². The number of nitrogens with two attached hydrogens (primary N) is 1. The molecule has 0 aliphatic carbocycles. The van der Waals surface area contributed by atoms with Crippen LogP contribution in [0.25, 0.3) is 0 Å². The maximum absolute atomic E-state index is 5.94. The Morgan fingerprint density at radius 3 is 2.50 bits per heavy atom. The molecule has 4 nitrogen and oxygen atoms in total. The van der Waals surface area contributed by atoms with Crippen molar-refractivity contribution in [2.45, 2.75) is 24.8 Å². The summed E-state index contributed by atoms with van der Waals surface area (Å²) in [6.07, 6.45) is 3.49. The molecule has 1 aliphatic heterocycles. The molecule has 0 radical (unpaired) electrons. The van der Waals surface area contributed by atoms with E-state index < -0.39 is 0 Å². The fourth-order valence-electron chi connectivity index (χ4n) is 2.32. The molecular formula is C12H27N3O. The zero-order valence-corrected chi connectivity index (χ0v) is 11.0. The van der Waals surface area contributed by atoms with Crippen LogP contribution in [0.15, 0.2) is 0 Å². The van der Waals surface area contributed by atoms with Crippen LogP contribution >= 0.6 is 0 Å². The fraction of sp³-hybridized carbons (Fsp3) is 1.00. The van der Waals surface area contributed by atoms with Crippen LogP contribution in [0.4, 0.5) is 0 Å². The van der Waals surface area contributed by atoms with E-state index in [9.17, 15) is 0 Å². The number of ether oxygens (including phenoxy) is 1. The van der Waals surface area contributed by atoms with Crippen molar-refractivity contribution < 1.29 is 4.74 Å². The Labute approximate surface area is 99.7 Å². The SMILES string of the molecule is CN(C)CCCN(C)C1(CN)CCCOC1. The molecule has 4 heteroatoms. The molecule has 1 aliphatic rings. The summed E-state index contributed by atoms with van der Waals surface area (Å²) >= 11 is 0. The van der Waals surface area contributed by atoms with E-state index in [-0.39, 0.29) is 5.54 Å². The van der Waals surface area contributed by atoms with Gasteiger partial charge < -0.3 is 15.4 Å². The molecule has 1 atom stereocenters. The highest BCUT2D eigenvalue weighted by Crippen LogP contribution is 2.24. The number of nitrogens with zero attached hydrogens (tertiary/aromatic N) is 2. The Hall–Kier alpha value is -0.160. The van der Waals surface area contributed by atoms with Crippen LogP contribution in [0, 0.1) is 0 Å². The minimum absolute atomic E-state index is 0.0879. The van der Waals surface area contributed by atoms with Crippen molar-refractivity contribution in [3.8, 4) is 0 Å². The topological polar surface area (TPSA) is 41.7 Å². The van der Waals surface area contributed by atoms with Gasteiger partial charge in [0.1, 0.15) is 0 Å². The summed E-state index contributed by atoms with van der Waals surface area (Å²) in [5.74, 6) is 0. The van der Waals surface area contributed by atoms with Crippen molar-refractivity contribution in [3.05, 3.63) is 0 Å². The van der Waals surface area contributed by atoms with Gasteiger partial charge in [-0.25, -0.2) is 0 Å². The van der Waals surface area contributed by atoms with Crippen molar-refractivity contribution in [3.63, 3.8) is 0 Å². The summed E-state index contributed by atoms with van der Waals surface area (Å²) in [5.41, 5.74) is 6.03. The fourth-order valence-corrected chi connectivity index (χ4v) is 2.32. The molecule has 2 N–H and O–H groups in total. The van der Waals surface area contributed by atoms with Gasteiger partial charge in [0, 0.05) is 13.2 Å². The lowest BCUT2D eigenvalue weighted by Gasteiger charge is -2.43. The third kappa shape index (κ3) is 3.70. The predicted molar refractivity (Wildman–Crippen MR) is 67.6 cm³/mol. The van der Waals surface area contributed by atoms with E-state index >= 15 is 0 Å². The van der Waals surface area contributed by atoms with Gasteiger partial charge >= 0.3 is 0 Å². The van der Waals surface area contributed by atoms with E-state index in [1.54, 1.807) is 0 Å². The second-order valence-corrected chi connectivity index (χ2v) is 5.16. The van der Waals surface area contributed by atoms with Crippen molar-refractivity contribution >= 4 is 0 Å². The lowest BCUT2D eigenvalue weighted by atomic mass is 9.90. The van der Waals surface area contributed by atoms with Crippen molar-refractivity contribution in [1.82, 2.24) is 9.80 Å². The highest BCUT2D eigenvalue weighted by Gasteiger charge is 2.35. The second kappa shape index (κ2) is 6.55. The highest BCUT2D eigenvalue weighted by molar-refractivity contribution is 4.92. The molecule has 1 unspecified atom stereocenters. The summed E-state index contributed by atoms with van der Waals surface area (Å²) in [6, 6.07) is 0. The molecule has 1 saturated heterocycles. The molecular weight excluding hydrogens is 202 g/mol. The first-order valence-electron chi connectivity index (χ1n) is 6.24. The van der Waals surface area contributed by atoms with E-state index in [0.717, 1.165) is 32.7 Å². The van der Waals surface area contributed by atoms with Crippen LogP contribution in [-0.2, 0) is 4.74 Å². The van der Waals surface area contributed by atoms with Crippen molar-refractivity contribution in [1.29, 1.82) is 0 Å². The van der Waals surface area contributed by atoms with Crippen LogP contribution in [0.1, 0.15) is 19.3 Å². The number of likely N-dealkylation sites (N-methyl/N-ethyl adjacent to an activating group) is 1. The molecule has 1 rings (SSSR count). The number of rotatable bonds is 6. The molecule has 0 amide bonds. The monoisotopic (exact) mass is 229 g/mol. The maximum Gasteiger partial charge on any atom is 0.0662 e. The van der Waals surface area contributed by atoms with Crippen LogP contribution in [0.5, 0.6) is 0 Å².